The number of aryl methyl sites for hydroxylation is 2. The highest BCUT2D eigenvalue weighted by atomic mass is 19.4. The van der Waals surface area contributed by atoms with Gasteiger partial charge >= 0.3 is 6.18 Å². The van der Waals surface area contributed by atoms with Crippen LogP contribution in [-0.4, -0.2) is 19.3 Å². The summed E-state index contributed by atoms with van der Waals surface area (Å²) in [5.74, 6) is 0.890. The van der Waals surface area contributed by atoms with Crippen molar-refractivity contribution >= 4 is 0 Å². The van der Waals surface area contributed by atoms with E-state index < -0.39 is 12.8 Å². The summed E-state index contributed by atoms with van der Waals surface area (Å²) in [4.78, 5) is 0. The van der Waals surface area contributed by atoms with Gasteiger partial charge in [-0.1, -0.05) is 26.0 Å². The average molecular weight is 289 g/mol. The van der Waals surface area contributed by atoms with Gasteiger partial charge in [0.15, 0.2) is 6.61 Å². The fourth-order valence-corrected chi connectivity index (χ4v) is 2.03. The van der Waals surface area contributed by atoms with Crippen molar-refractivity contribution in [2.24, 2.45) is 5.92 Å². The normalized spacial score (nSPS) is 12.0. The van der Waals surface area contributed by atoms with E-state index in [-0.39, 0.29) is 0 Å². The largest absolute Gasteiger partial charge is 0.484 e. The third-order valence-electron chi connectivity index (χ3n) is 2.78. The molecule has 0 atom stereocenters. The van der Waals surface area contributed by atoms with Gasteiger partial charge in [0.25, 0.3) is 0 Å². The average Bonchev–Trinajstić information content (AvgIpc) is 2.25. The molecule has 114 valence electrons. The standard InChI is InChI=1S/C15H22F3NO/c1-10(2)7-19-8-13-5-11(3)14(12(4)6-13)20-9-15(16,17)18/h5-6,10,19H,7-9H2,1-4H3. The van der Waals surface area contributed by atoms with Crippen LogP contribution in [0.2, 0.25) is 0 Å². The molecule has 0 fully saturated rings. The Balaban J connectivity index is 2.71. The van der Waals surface area contributed by atoms with E-state index >= 15 is 0 Å². The summed E-state index contributed by atoms with van der Waals surface area (Å²) in [6, 6.07) is 3.73. The van der Waals surface area contributed by atoms with E-state index in [9.17, 15) is 13.2 Å². The van der Waals surface area contributed by atoms with Crippen LogP contribution in [0, 0.1) is 19.8 Å². The summed E-state index contributed by atoms with van der Waals surface area (Å²) in [5, 5.41) is 3.31. The van der Waals surface area contributed by atoms with Crippen LogP contribution in [0.15, 0.2) is 12.1 Å². The van der Waals surface area contributed by atoms with Crippen molar-refractivity contribution in [3.8, 4) is 5.75 Å². The van der Waals surface area contributed by atoms with E-state index in [1.807, 2.05) is 12.1 Å². The Morgan fingerprint density at radius 1 is 1.15 bits per heavy atom. The second kappa shape index (κ2) is 6.97. The number of hydrogen-bond acceptors (Lipinski definition) is 2. The molecule has 0 unspecified atom stereocenters. The second-order valence-electron chi connectivity index (χ2n) is 5.49. The summed E-state index contributed by atoms with van der Waals surface area (Å²) in [7, 11) is 0. The van der Waals surface area contributed by atoms with Crippen molar-refractivity contribution in [2.45, 2.75) is 40.4 Å². The zero-order valence-corrected chi connectivity index (χ0v) is 12.4. The third kappa shape index (κ3) is 5.82. The highest BCUT2D eigenvalue weighted by Gasteiger charge is 2.29. The number of ether oxygens (including phenoxy) is 1. The first-order valence-corrected chi connectivity index (χ1v) is 6.69. The maximum absolute atomic E-state index is 12.2. The van der Waals surface area contributed by atoms with Crippen molar-refractivity contribution in [1.29, 1.82) is 0 Å². The molecule has 1 N–H and O–H groups in total. The molecule has 1 rings (SSSR count). The summed E-state index contributed by atoms with van der Waals surface area (Å²) in [5.41, 5.74) is 2.52. The first-order chi connectivity index (χ1) is 9.19. The zero-order chi connectivity index (χ0) is 15.3. The lowest BCUT2D eigenvalue weighted by molar-refractivity contribution is -0.153. The molecule has 0 amide bonds. The smallest absolute Gasteiger partial charge is 0.422 e. The van der Waals surface area contributed by atoms with Crippen molar-refractivity contribution in [2.75, 3.05) is 13.2 Å². The van der Waals surface area contributed by atoms with Gasteiger partial charge in [-0.25, -0.2) is 0 Å². The lowest BCUT2D eigenvalue weighted by Gasteiger charge is -2.16. The van der Waals surface area contributed by atoms with Crippen LogP contribution >= 0.6 is 0 Å². The molecule has 5 heteroatoms. The molecule has 0 saturated carbocycles. The van der Waals surface area contributed by atoms with Gasteiger partial charge in [-0.05, 0) is 43.0 Å². The Morgan fingerprint density at radius 3 is 2.15 bits per heavy atom. The molecule has 1 aromatic carbocycles. The molecule has 2 nitrogen and oxygen atoms in total. The summed E-state index contributed by atoms with van der Waals surface area (Å²) in [6.07, 6.45) is -4.31. The molecule has 0 spiro atoms. The Kier molecular flexibility index (Phi) is 5.87. The molecule has 0 aliphatic carbocycles. The Bertz CT molecular complexity index is 418. The van der Waals surface area contributed by atoms with Gasteiger partial charge in [-0.2, -0.15) is 13.2 Å². The maximum atomic E-state index is 12.2. The minimum atomic E-state index is -4.31. The van der Waals surface area contributed by atoms with Crippen LogP contribution < -0.4 is 10.1 Å². The summed E-state index contributed by atoms with van der Waals surface area (Å²) >= 11 is 0. The van der Waals surface area contributed by atoms with E-state index in [4.69, 9.17) is 4.74 Å². The van der Waals surface area contributed by atoms with Crippen molar-refractivity contribution in [3.05, 3.63) is 28.8 Å². The lowest BCUT2D eigenvalue weighted by atomic mass is 10.1. The molecule has 0 heterocycles. The van der Waals surface area contributed by atoms with Crippen molar-refractivity contribution in [1.82, 2.24) is 5.32 Å². The Hall–Kier alpha value is -1.23. The highest BCUT2D eigenvalue weighted by Crippen LogP contribution is 2.27. The van der Waals surface area contributed by atoms with Gasteiger partial charge in [0.05, 0.1) is 0 Å². The molecule has 0 aliphatic heterocycles. The van der Waals surface area contributed by atoms with Gasteiger partial charge in [0, 0.05) is 6.54 Å². The number of alkyl halides is 3. The Labute approximate surface area is 118 Å². The number of halogens is 3. The summed E-state index contributed by atoms with van der Waals surface area (Å²) < 4.78 is 41.5. The van der Waals surface area contributed by atoms with Crippen LogP contribution in [0.4, 0.5) is 13.2 Å². The molecular formula is C15H22F3NO. The van der Waals surface area contributed by atoms with Crippen molar-refractivity contribution in [3.63, 3.8) is 0 Å². The molecule has 0 aromatic heterocycles. The molecule has 20 heavy (non-hydrogen) atoms. The molecule has 0 radical (unpaired) electrons. The van der Waals surface area contributed by atoms with Crippen LogP contribution in [0.1, 0.15) is 30.5 Å². The number of rotatable bonds is 6. The lowest BCUT2D eigenvalue weighted by Crippen LogP contribution is -2.21. The van der Waals surface area contributed by atoms with Gasteiger partial charge < -0.3 is 10.1 Å². The number of hydrogen-bond donors (Lipinski definition) is 1. The minimum Gasteiger partial charge on any atom is -0.484 e. The van der Waals surface area contributed by atoms with E-state index in [2.05, 4.69) is 19.2 Å². The van der Waals surface area contributed by atoms with E-state index in [1.54, 1.807) is 13.8 Å². The predicted molar refractivity (Wildman–Crippen MR) is 74.0 cm³/mol. The van der Waals surface area contributed by atoms with E-state index in [0.717, 1.165) is 23.2 Å². The second-order valence-corrected chi connectivity index (χ2v) is 5.49. The van der Waals surface area contributed by atoms with Crippen LogP contribution in [0.3, 0.4) is 0 Å². The fraction of sp³-hybridized carbons (Fsp3) is 0.600. The quantitative estimate of drug-likeness (QED) is 0.855. The summed E-state index contributed by atoms with van der Waals surface area (Å²) in [6.45, 7) is 8.15. The van der Waals surface area contributed by atoms with E-state index in [1.165, 1.54) is 0 Å². The van der Waals surface area contributed by atoms with Gasteiger partial charge in [0.2, 0.25) is 0 Å². The fourth-order valence-electron chi connectivity index (χ4n) is 2.03. The molecule has 1 aromatic rings. The molecular weight excluding hydrogens is 267 g/mol. The topological polar surface area (TPSA) is 21.3 Å². The van der Waals surface area contributed by atoms with Gasteiger partial charge in [0.1, 0.15) is 5.75 Å². The van der Waals surface area contributed by atoms with Gasteiger partial charge in [-0.3, -0.25) is 0 Å². The zero-order valence-electron chi connectivity index (χ0n) is 12.4. The Morgan fingerprint density at radius 2 is 1.70 bits per heavy atom. The molecule has 0 aliphatic rings. The monoisotopic (exact) mass is 289 g/mol. The van der Waals surface area contributed by atoms with E-state index in [0.29, 0.717) is 18.2 Å². The molecule has 0 bridgehead atoms. The first-order valence-electron chi connectivity index (χ1n) is 6.69. The van der Waals surface area contributed by atoms with Crippen molar-refractivity contribution < 1.29 is 17.9 Å². The number of benzene rings is 1. The predicted octanol–water partition coefficient (Wildman–Crippen LogP) is 3.99. The third-order valence-corrected chi connectivity index (χ3v) is 2.78. The van der Waals surface area contributed by atoms with Crippen LogP contribution in [0.25, 0.3) is 0 Å². The first kappa shape index (κ1) is 16.8. The van der Waals surface area contributed by atoms with Crippen LogP contribution in [0.5, 0.6) is 5.75 Å². The van der Waals surface area contributed by atoms with Crippen LogP contribution in [-0.2, 0) is 6.54 Å². The minimum absolute atomic E-state index is 0.329. The SMILES string of the molecule is Cc1cc(CNCC(C)C)cc(C)c1OCC(F)(F)F. The molecule has 0 saturated heterocycles. The maximum Gasteiger partial charge on any atom is 0.422 e. The number of nitrogens with one attached hydrogen (secondary N) is 1. The highest BCUT2D eigenvalue weighted by molar-refractivity contribution is 5.43. The van der Waals surface area contributed by atoms with Gasteiger partial charge in [-0.15, -0.1) is 0 Å².